The molecule has 1 aromatic carbocycles. The lowest BCUT2D eigenvalue weighted by Crippen LogP contribution is -2.42. The van der Waals surface area contributed by atoms with Crippen molar-refractivity contribution in [1.82, 2.24) is 5.32 Å². The highest BCUT2D eigenvalue weighted by Gasteiger charge is 2.24. The molecule has 4 nitrogen and oxygen atoms in total. The molecule has 0 aliphatic heterocycles. The number of rotatable bonds is 3. The van der Waals surface area contributed by atoms with Crippen LogP contribution < -0.4 is 16.4 Å². The summed E-state index contributed by atoms with van der Waals surface area (Å²) in [7, 11) is 0. The fraction of sp³-hybridized carbons (Fsp3) is 0.562. The topological polar surface area (TPSA) is 67.2 Å². The molecule has 2 unspecified atom stereocenters. The molecule has 0 heterocycles. The zero-order valence-corrected chi connectivity index (χ0v) is 12.4. The van der Waals surface area contributed by atoms with Gasteiger partial charge in [0, 0.05) is 18.3 Å². The molecule has 2 amide bonds. The zero-order valence-electron chi connectivity index (χ0n) is 12.4. The van der Waals surface area contributed by atoms with Crippen LogP contribution >= 0.6 is 0 Å². The van der Waals surface area contributed by atoms with E-state index in [2.05, 4.69) is 24.5 Å². The molecular weight excluding hydrogens is 250 g/mol. The van der Waals surface area contributed by atoms with Gasteiger partial charge in [-0.15, -0.1) is 0 Å². The molecule has 1 aliphatic rings. The van der Waals surface area contributed by atoms with Crippen molar-refractivity contribution in [2.75, 3.05) is 5.32 Å². The first-order valence-corrected chi connectivity index (χ1v) is 7.43. The zero-order chi connectivity index (χ0) is 14.5. The summed E-state index contributed by atoms with van der Waals surface area (Å²) in [5.41, 5.74) is 7.41. The van der Waals surface area contributed by atoms with Crippen molar-refractivity contribution in [3.63, 3.8) is 0 Å². The Morgan fingerprint density at radius 3 is 2.60 bits per heavy atom. The Morgan fingerprint density at radius 1 is 1.25 bits per heavy atom. The first-order valence-electron chi connectivity index (χ1n) is 7.43. The van der Waals surface area contributed by atoms with Crippen LogP contribution in [0.15, 0.2) is 24.3 Å². The Hall–Kier alpha value is -1.55. The molecule has 2 rings (SSSR count). The standard InChI is InChI=1S/C16H25N3O/c1-11-6-12(2)8-15(7-11)19-16(20)18-14-5-3-4-13(9-14)10-17/h3-5,9,11-12,15H,6-8,10,17H2,1-2H3,(H2,18,19,20). The quantitative estimate of drug-likeness (QED) is 0.793. The Kier molecular flexibility index (Phi) is 5.01. The number of urea groups is 1. The number of nitrogens with two attached hydrogens (primary N) is 1. The van der Waals surface area contributed by atoms with Gasteiger partial charge >= 0.3 is 6.03 Å². The lowest BCUT2D eigenvalue weighted by atomic mass is 9.80. The van der Waals surface area contributed by atoms with E-state index < -0.39 is 0 Å². The van der Waals surface area contributed by atoms with Crippen molar-refractivity contribution < 1.29 is 4.79 Å². The summed E-state index contributed by atoms with van der Waals surface area (Å²) >= 11 is 0. The van der Waals surface area contributed by atoms with Crippen LogP contribution in [0.4, 0.5) is 10.5 Å². The number of anilines is 1. The highest BCUT2D eigenvalue weighted by Crippen LogP contribution is 2.28. The lowest BCUT2D eigenvalue weighted by molar-refractivity contribution is 0.222. The second kappa shape index (κ2) is 6.75. The van der Waals surface area contributed by atoms with E-state index >= 15 is 0 Å². The highest BCUT2D eigenvalue weighted by atomic mass is 16.2. The smallest absolute Gasteiger partial charge is 0.319 e. The van der Waals surface area contributed by atoms with E-state index in [4.69, 9.17) is 5.73 Å². The second-order valence-corrected chi connectivity index (χ2v) is 6.12. The molecule has 4 N–H and O–H groups in total. The molecule has 0 bridgehead atoms. The number of carbonyl (C=O) groups excluding carboxylic acids is 1. The van der Waals surface area contributed by atoms with Gasteiger partial charge < -0.3 is 16.4 Å². The summed E-state index contributed by atoms with van der Waals surface area (Å²) in [4.78, 5) is 12.0. The van der Waals surface area contributed by atoms with Gasteiger partial charge in [0.05, 0.1) is 0 Å². The van der Waals surface area contributed by atoms with Crippen molar-refractivity contribution in [3.8, 4) is 0 Å². The van der Waals surface area contributed by atoms with Crippen molar-refractivity contribution in [2.24, 2.45) is 17.6 Å². The predicted molar refractivity (Wildman–Crippen MR) is 82.5 cm³/mol. The van der Waals surface area contributed by atoms with Gasteiger partial charge in [-0.2, -0.15) is 0 Å². The third kappa shape index (κ3) is 4.23. The van der Waals surface area contributed by atoms with E-state index in [0.717, 1.165) is 24.1 Å². The lowest BCUT2D eigenvalue weighted by Gasteiger charge is -2.31. The van der Waals surface area contributed by atoms with E-state index in [-0.39, 0.29) is 12.1 Å². The summed E-state index contributed by atoms with van der Waals surface area (Å²) in [6.07, 6.45) is 3.40. The van der Waals surface area contributed by atoms with Crippen LogP contribution in [-0.2, 0) is 6.54 Å². The molecule has 20 heavy (non-hydrogen) atoms. The molecule has 0 saturated heterocycles. The molecule has 1 saturated carbocycles. The SMILES string of the molecule is CC1CC(C)CC(NC(=O)Nc2cccc(CN)c2)C1. The minimum atomic E-state index is -0.120. The van der Waals surface area contributed by atoms with Crippen molar-refractivity contribution in [3.05, 3.63) is 29.8 Å². The highest BCUT2D eigenvalue weighted by molar-refractivity contribution is 5.89. The number of benzene rings is 1. The Bertz CT molecular complexity index is 451. The monoisotopic (exact) mass is 275 g/mol. The molecular formula is C16H25N3O. The van der Waals surface area contributed by atoms with Crippen LogP contribution in [0.25, 0.3) is 0 Å². The minimum absolute atomic E-state index is 0.120. The van der Waals surface area contributed by atoms with Gasteiger partial charge in [-0.05, 0) is 48.8 Å². The van der Waals surface area contributed by atoms with Crippen LogP contribution in [-0.4, -0.2) is 12.1 Å². The average molecular weight is 275 g/mol. The largest absolute Gasteiger partial charge is 0.335 e. The fourth-order valence-electron chi connectivity index (χ4n) is 3.19. The average Bonchev–Trinajstić information content (AvgIpc) is 2.37. The Labute approximate surface area is 121 Å². The van der Waals surface area contributed by atoms with Gasteiger partial charge in [-0.25, -0.2) is 4.79 Å². The van der Waals surface area contributed by atoms with Gasteiger partial charge in [0.2, 0.25) is 0 Å². The molecule has 110 valence electrons. The van der Waals surface area contributed by atoms with E-state index in [1.165, 1.54) is 6.42 Å². The number of hydrogen-bond donors (Lipinski definition) is 3. The van der Waals surface area contributed by atoms with Crippen LogP contribution in [0.2, 0.25) is 0 Å². The normalized spacial score (nSPS) is 26.1. The van der Waals surface area contributed by atoms with Crippen molar-refractivity contribution in [2.45, 2.75) is 45.7 Å². The van der Waals surface area contributed by atoms with Gasteiger partial charge in [-0.3, -0.25) is 0 Å². The first-order chi connectivity index (χ1) is 9.56. The summed E-state index contributed by atoms with van der Waals surface area (Å²) in [6, 6.07) is 7.81. The Morgan fingerprint density at radius 2 is 1.95 bits per heavy atom. The van der Waals surface area contributed by atoms with Crippen LogP contribution in [0.1, 0.15) is 38.7 Å². The van der Waals surface area contributed by atoms with E-state index in [0.29, 0.717) is 18.4 Å². The van der Waals surface area contributed by atoms with Crippen LogP contribution in [0.3, 0.4) is 0 Å². The third-order valence-corrected chi connectivity index (χ3v) is 3.93. The van der Waals surface area contributed by atoms with Crippen molar-refractivity contribution in [1.29, 1.82) is 0 Å². The summed E-state index contributed by atoms with van der Waals surface area (Å²) < 4.78 is 0. The molecule has 2 atom stereocenters. The third-order valence-electron chi connectivity index (χ3n) is 3.93. The van der Waals surface area contributed by atoms with E-state index in [1.54, 1.807) is 0 Å². The number of hydrogen-bond acceptors (Lipinski definition) is 2. The molecule has 1 fully saturated rings. The molecule has 0 spiro atoms. The molecule has 1 aliphatic carbocycles. The van der Waals surface area contributed by atoms with Gasteiger partial charge in [0.1, 0.15) is 0 Å². The summed E-state index contributed by atoms with van der Waals surface area (Å²) in [5.74, 6) is 1.37. The molecule has 4 heteroatoms. The number of carbonyl (C=O) groups is 1. The van der Waals surface area contributed by atoms with Crippen LogP contribution in [0.5, 0.6) is 0 Å². The fourth-order valence-corrected chi connectivity index (χ4v) is 3.19. The summed E-state index contributed by atoms with van der Waals surface area (Å²) in [6.45, 7) is 4.99. The maximum Gasteiger partial charge on any atom is 0.319 e. The number of nitrogens with one attached hydrogen (secondary N) is 2. The predicted octanol–water partition coefficient (Wildman–Crippen LogP) is 3.09. The molecule has 0 radical (unpaired) electrons. The summed E-state index contributed by atoms with van der Waals surface area (Å²) in [5, 5.41) is 5.97. The molecule has 0 aromatic heterocycles. The maximum atomic E-state index is 12.0. The van der Waals surface area contributed by atoms with Gasteiger partial charge in [-0.1, -0.05) is 26.0 Å². The van der Waals surface area contributed by atoms with Crippen molar-refractivity contribution >= 4 is 11.7 Å². The Balaban J connectivity index is 1.88. The van der Waals surface area contributed by atoms with Gasteiger partial charge in [0.15, 0.2) is 0 Å². The maximum absolute atomic E-state index is 12.0. The first kappa shape index (κ1) is 14.9. The minimum Gasteiger partial charge on any atom is -0.335 e. The second-order valence-electron chi connectivity index (χ2n) is 6.12. The van der Waals surface area contributed by atoms with Crippen LogP contribution in [0, 0.1) is 11.8 Å². The van der Waals surface area contributed by atoms with E-state index in [1.807, 2.05) is 24.3 Å². The van der Waals surface area contributed by atoms with Gasteiger partial charge in [0.25, 0.3) is 0 Å². The number of amides is 2. The van der Waals surface area contributed by atoms with E-state index in [9.17, 15) is 4.79 Å². The molecule has 1 aromatic rings.